The third kappa shape index (κ3) is 7.34. The van der Waals surface area contributed by atoms with E-state index in [4.69, 9.17) is 0 Å². The second-order valence-corrected chi connectivity index (χ2v) is 16.9. The van der Waals surface area contributed by atoms with Gasteiger partial charge in [-0.3, -0.25) is 0 Å². The lowest BCUT2D eigenvalue weighted by Gasteiger charge is -2.37. The minimum absolute atomic E-state index is 0.182. The maximum absolute atomic E-state index is 2.57. The number of unbranched alkanes of at least 4 members (excludes halogenated alkanes) is 9. The van der Waals surface area contributed by atoms with Crippen molar-refractivity contribution in [2.24, 2.45) is 0 Å². The van der Waals surface area contributed by atoms with Gasteiger partial charge in [-0.05, 0) is 28.7 Å². The minimum atomic E-state index is -1.30. The summed E-state index contributed by atoms with van der Waals surface area (Å²) in [6, 6.07) is 24.9. The van der Waals surface area contributed by atoms with Crippen LogP contribution in [0.15, 0.2) is 48.5 Å². The molecule has 2 aromatic carbocycles. The average molecular weight is 491 g/mol. The van der Waals surface area contributed by atoms with Crippen molar-refractivity contribution < 1.29 is 0 Å². The molecule has 0 nitrogen and oxygen atoms in total. The van der Waals surface area contributed by atoms with Gasteiger partial charge in [-0.25, -0.2) is 0 Å². The van der Waals surface area contributed by atoms with Crippen LogP contribution in [0.5, 0.6) is 0 Å². The predicted octanol–water partition coefficient (Wildman–Crippen LogP) is 11.6. The third-order valence-electron chi connectivity index (χ3n) is 9.17. The molecule has 0 N–H and O–H groups in total. The SMILES string of the molecule is CCCCCC[Si](CCCCCC)(CCCCCC)CCC1(C)c2ccccc2-c2ccccc21. The molecule has 0 spiro atoms. The van der Waals surface area contributed by atoms with Crippen molar-refractivity contribution in [1.29, 1.82) is 0 Å². The Morgan fingerprint density at radius 3 is 1.31 bits per heavy atom. The number of benzene rings is 2. The lowest BCUT2D eigenvalue weighted by Crippen LogP contribution is -2.36. The summed E-state index contributed by atoms with van der Waals surface area (Å²) in [4.78, 5) is 0. The Hall–Kier alpha value is -1.34. The van der Waals surface area contributed by atoms with Crippen LogP contribution in [0.25, 0.3) is 11.1 Å². The molecule has 0 aliphatic heterocycles. The topological polar surface area (TPSA) is 0 Å². The lowest BCUT2D eigenvalue weighted by atomic mass is 9.78. The van der Waals surface area contributed by atoms with E-state index in [0.29, 0.717) is 0 Å². The molecule has 35 heavy (non-hydrogen) atoms. The summed E-state index contributed by atoms with van der Waals surface area (Å²) in [6.07, 6.45) is 18.5. The fraction of sp³-hybridized carbons (Fsp3) is 0.647. The molecule has 0 fully saturated rings. The second kappa shape index (κ2) is 14.4. The lowest BCUT2D eigenvalue weighted by molar-refractivity contribution is 0.553. The van der Waals surface area contributed by atoms with Crippen molar-refractivity contribution in [3.8, 4) is 11.1 Å². The van der Waals surface area contributed by atoms with Crippen LogP contribution in [-0.2, 0) is 5.41 Å². The fourth-order valence-electron chi connectivity index (χ4n) is 6.86. The van der Waals surface area contributed by atoms with Gasteiger partial charge in [0.1, 0.15) is 0 Å². The van der Waals surface area contributed by atoms with E-state index in [2.05, 4.69) is 76.2 Å². The molecule has 2 aromatic rings. The molecule has 3 rings (SSSR count). The van der Waals surface area contributed by atoms with Crippen molar-refractivity contribution in [1.82, 2.24) is 0 Å². The normalized spacial score (nSPS) is 14.2. The van der Waals surface area contributed by atoms with Gasteiger partial charge in [0.2, 0.25) is 0 Å². The molecular formula is C34H54Si. The monoisotopic (exact) mass is 490 g/mol. The van der Waals surface area contributed by atoms with Gasteiger partial charge < -0.3 is 0 Å². The molecular weight excluding hydrogens is 436 g/mol. The molecule has 0 atom stereocenters. The Balaban J connectivity index is 1.84. The summed E-state index contributed by atoms with van der Waals surface area (Å²) in [5.41, 5.74) is 6.35. The summed E-state index contributed by atoms with van der Waals surface area (Å²) < 4.78 is 0. The van der Waals surface area contributed by atoms with Crippen LogP contribution < -0.4 is 0 Å². The van der Waals surface area contributed by atoms with E-state index in [1.807, 2.05) is 0 Å². The molecule has 0 saturated carbocycles. The quantitative estimate of drug-likeness (QED) is 0.144. The van der Waals surface area contributed by atoms with E-state index >= 15 is 0 Å². The van der Waals surface area contributed by atoms with E-state index in [9.17, 15) is 0 Å². The maximum atomic E-state index is 2.57. The largest absolute Gasteiger partial charge is 0.0654 e. The fourth-order valence-corrected chi connectivity index (χ4v) is 12.4. The summed E-state index contributed by atoms with van der Waals surface area (Å²) >= 11 is 0. The number of hydrogen-bond acceptors (Lipinski definition) is 0. The number of fused-ring (bicyclic) bond motifs is 3. The molecule has 0 unspecified atom stereocenters. The zero-order valence-corrected chi connectivity index (χ0v) is 24.6. The highest BCUT2D eigenvalue weighted by Crippen LogP contribution is 2.52. The van der Waals surface area contributed by atoms with Gasteiger partial charge in [0.05, 0.1) is 8.07 Å². The third-order valence-corrected chi connectivity index (χ3v) is 14.7. The van der Waals surface area contributed by atoms with Gasteiger partial charge in [0.15, 0.2) is 0 Å². The maximum Gasteiger partial charge on any atom is 0.0536 e. The molecule has 1 aliphatic rings. The summed E-state index contributed by atoms with van der Waals surface area (Å²) in [6.45, 7) is 9.64. The van der Waals surface area contributed by atoms with Crippen LogP contribution in [0.1, 0.15) is 122 Å². The zero-order valence-electron chi connectivity index (χ0n) is 23.6. The molecule has 0 heterocycles. The van der Waals surface area contributed by atoms with E-state index < -0.39 is 8.07 Å². The molecule has 1 heteroatoms. The van der Waals surface area contributed by atoms with Crippen molar-refractivity contribution >= 4 is 8.07 Å². The summed E-state index contributed by atoms with van der Waals surface area (Å²) in [7, 11) is -1.30. The molecule has 194 valence electrons. The Morgan fingerprint density at radius 1 is 0.514 bits per heavy atom. The van der Waals surface area contributed by atoms with Crippen molar-refractivity contribution in [3.63, 3.8) is 0 Å². The van der Waals surface area contributed by atoms with Gasteiger partial charge in [-0.15, -0.1) is 0 Å². The first kappa shape index (κ1) is 28.2. The highest BCUT2D eigenvalue weighted by molar-refractivity contribution is 6.79. The van der Waals surface area contributed by atoms with Crippen LogP contribution in [0.3, 0.4) is 0 Å². The van der Waals surface area contributed by atoms with Crippen LogP contribution in [0.2, 0.25) is 24.2 Å². The Kier molecular flexibility index (Phi) is 11.6. The first-order chi connectivity index (χ1) is 17.1. The predicted molar refractivity (Wildman–Crippen MR) is 160 cm³/mol. The average Bonchev–Trinajstić information content (AvgIpc) is 3.15. The minimum Gasteiger partial charge on any atom is -0.0654 e. The molecule has 0 bridgehead atoms. The van der Waals surface area contributed by atoms with E-state index in [0.717, 1.165) is 0 Å². The molecule has 0 aromatic heterocycles. The van der Waals surface area contributed by atoms with Gasteiger partial charge >= 0.3 is 0 Å². The van der Waals surface area contributed by atoms with Gasteiger partial charge in [-0.1, -0.05) is 177 Å². The van der Waals surface area contributed by atoms with Gasteiger partial charge in [0, 0.05) is 5.41 Å². The molecule has 0 saturated heterocycles. The first-order valence-electron chi connectivity index (χ1n) is 15.3. The van der Waals surface area contributed by atoms with E-state index in [1.165, 1.54) is 101 Å². The highest BCUT2D eigenvalue weighted by atomic mass is 28.3. The summed E-state index contributed by atoms with van der Waals surface area (Å²) in [5.74, 6) is 0. The van der Waals surface area contributed by atoms with Crippen molar-refractivity contribution in [2.45, 2.75) is 141 Å². The van der Waals surface area contributed by atoms with Gasteiger partial charge in [0.25, 0.3) is 0 Å². The Morgan fingerprint density at radius 2 is 0.914 bits per heavy atom. The number of rotatable bonds is 18. The van der Waals surface area contributed by atoms with Crippen LogP contribution in [0.4, 0.5) is 0 Å². The van der Waals surface area contributed by atoms with Crippen LogP contribution in [0, 0.1) is 0 Å². The Labute approximate surface area is 219 Å². The van der Waals surface area contributed by atoms with E-state index in [1.54, 1.807) is 29.3 Å². The zero-order chi connectivity index (χ0) is 25.0. The molecule has 0 amide bonds. The standard InChI is InChI=1S/C34H54Si/c1-5-8-11-18-26-35(27-19-12-9-6-2,28-20-13-10-7-3)29-25-34(4)32-23-16-14-21-30(32)31-22-15-17-24-33(31)34/h14-17,21-24H,5-13,18-20,25-29H2,1-4H3. The molecule has 1 aliphatic carbocycles. The second-order valence-electron chi connectivity index (χ2n) is 11.9. The van der Waals surface area contributed by atoms with Crippen LogP contribution in [-0.4, -0.2) is 8.07 Å². The van der Waals surface area contributed by atoms with Crippen molar-refractivity contribution in [2.75, 3.05) is 0 Å². The molecule has 0 radical (unpaired) electrons. The van der Waals surface area contributed by atoms with Crippen molar-refractivity contribution in [3.05, 3.63) is 59.7 Å². The van der Waals surface area contributed by atoms with Crippen LogP contribution >= 0.6 is 0 Å². The first-order valence-corrected chi connectivity index (χ1v) is 18.1. The smallest absolute Gasteiger partial charge is 0.0536 e. The Bertz CT molecular complexity index is 790. The van der Waals surface area contributed by atoms with Gasteiger partial charge in [-0.2, -0.15) is 0 Å². The summed E-state index contributed by atoms with van der Waals surface area (Å²) in [5, 5.41) is 0. The van der Waals surface area contributed by atoms with E-state index in [-0.39, 0.29) is 5.41 Å². The number of hydrogen-bond donors (Lipinski definition) is 0. The highest BCUT2D eigenvalue weighted by Gasteiger charge is 2.41.